The highest BCUT2D eigenvalue weighted by molar-refractivity contribution is 8.01. The van der Waals surface area contributed by atoms with Gasteiger partial charge in [-0.1, -0.05) is 81.3 Å². The van der Waals surface area contributed by atoms with Crippen molar-refractivity contribution in [2.24, 2.45) is 0 Å². The zero-order valence-electron chi connectivity index (χ0n) is 24.2. The number of fused-ring (bicyclic) bond motifs is 1. The molecule has 42 heavy (non-hydrogen) atoms. The number of hydrogen-bond acceptors (Lipinski definition) is 6. The van der Waals surface area contributed by atoms with Crippen LogP contribution in [-0.4, -0.2) is 29.2 Å². The van der Waals surface area contributed by atoms with Gasteiger partial charge in [-0.2, -0.15) is 0 Å². The van der Waals surface area contributed by atoms with E-state index in [0.29, 0.717) is 28.6 Å². The Hall–Kier alpha value is -3.07. The van der Waals surface area contributed by atoms with Gasteiger partial charge in [0.1, 0.15) is 5.75 Å². The molecule has 0 aliphatic carbocycles. The maximum Gasteiger partial charge on any atom is 0.255 e. The molecule has 1 heterocycles. The van der Waals surface area contributed by atoms with Crippen LogP contribution in [0, 0.1) is 6.92 Å². The van der Waals surface area contributed by atoms with Crippen LogP contribution in [-0.2, 0) is 4.79 Å². The van der Waals surface area contributed by atoms with E-state index in [1.54, 1.807) is 18.2 Å². The summed E-state index contributed by atoms with van der Waals surface area (Å²) < 4.78 is 7.58. The van der Waals surface area contributed by atoms with Crippen molar-refractivity contribution in [2.75, 3.05) is 23.0 Å². The summed E-state index contributed by atoms with van der Waals surface area (Å²) in [5, 5.41) is 6.45. The van der Waals surface area contributed by atoms with Crippen molar-refractivity contribution in [2.45, 2.75) is 69.6 Å². The molecule has 0 saturated carbocycles. The lowest BCUT2D eigenvalue weighted by atomic mass is 10.1. The van der Waals surface area contributed by atoms with Crippen molar-refractivity contribution in [3.05, 3.63) is 76.8 Å². The highest BCUT2D eigenvalue weighted by atomic mass is 35.5. The number of carbonyl (C=O) groups excluding carboxylic acids is 2. The molecule has 0 saturated heterocycles. The molecule has 0 radical (unpaired) electrons. The molecule has 0 bridgehead atoms. The minimum Gasteiger partial charge on any atom is -0.494 e. The SMILES string of the molecule is CCCCCCCCCCOc1ccc(C(=O)Nc2ccc3nc(SCC(=O)Nc4ccc(C)c(Cl)c4)sc3c2)cc1. The Morgan fingerprint density at radius 2 is 1.57 bits per heavy atom. The number of halogens is 1. The fourth-order valence-electron chi connectivity index (χ4n) is 4.37. The number of unbranched alkanes of at least 4 members (excludes halogenated alkanes) is 7. The topological polar surface area (TPSA) is 80.3 Å². The van der Waals surface area contributed by atoms with Gasteiger partial charge in [0, 0.05) is 22.0 Å². The predicted molar refractivity (Wildman–Crippen MR) is 178 cm³/mol. The smallest absolute Gasteiger partial charge is 0.255 e. The van der Waals surface area contributed by atoms with Crippen molar-refractivity contribution in [3.8, 4) is 5.75 Å². The van der Waals surface area contributed by atoms with Gasteiger partial charge in [0.05, 0.1) is 22.6 Å². The van der Waals surface area contributed by atoms with Crippen LogP contribution in [0.5, 0.6) is 5.75 Å². The van der Waals surface area contributed by atoms with E-state index in [9.17, 15) is 9.59 Å². The Labute approximate surface area is 261 Å². The second-order valence-corrected chi connectivity index (χ2v) is 12.9. The third-order valence-electron chi connectivity index (χ3n) is 6.79. The number of aryl methyl sites for hydroxylation is 1. The zero-order chi connectivity index (χ0) is 29.7. The van der Waals surface area contributed by atoms with Crippen LogP contribution < -0.4 is 15.4 Å². The van der Waals surface area contributed by atoms with E-state index < -0.39 is 0 Å². The fourth-order valence-corrected chi connectivity index (χ4v) is 6.46. The third kappa shape index (κ3) is 10.0. The van der Waals surface area contributed by atoms with Gasteiger partial charge in [-0.25, -0.2) is 4.98 Å². The molecule has 0 unspecified atom stereocenters. The van der Waals surface area contributed by atoms with Crippen LogP contribution in [0.1, 0.15) is 74.2 Å². The van der Waals surface area contributed by atoms with E-state index in [4.69, 9.17) is 16.3 Å². The number of aromatic nitrogens is 1. The quantitative estimate of drug-likeness (QED) is 0.0959. The first-order chi connectivity index (χ1) is 20.4. The maximum absolute atomic E-state index is 12.8. The number of ether oxygens (including phenoxy) is 1. The Kier molecular flexibility index (Phi) is 12.5. The molecule has 9 heteroatoms. The molecular weight excluding hydrogens is 586 g/mol. The van der Waals surface area contributed by atoms with E-state index in [1.165, 1.54) is 68.0 Å². The van der Waals surface area contributed by atoms with Crippen LogP contribution in [0.2, 0.25) is 5.02 Å². The second kappa shape index (κ2) is 16.5. The molecule has 0 aliphatic rings. The summed E-state index contributed by atoms with van der Waals surface area (Å²) in [5.74, 6) is 0.697. The Morgan fingerprint density at radius 1 is 0.881 bits per heavy atom. The monoisotopic (exact) mass is 623 g/mol. The van der Waals surface area contributed by atoms with Gasteiger partial charge < -0.3 is 15.4 Å². The van der Waals surface area contributed by atoms with Crippen LogP contribution in [0.3, 0.4) is 0 Å². The molecule has 3 aromatic carbocycles. The number of carbonyl (C=O) groups is 2. The molecule has 2 amide bonds. The summed E-state index contributed by atoms with van der Waals surface area (Å²) in [6.07, 6.45) is 10.1. The van der Waals surface area contributed by atoms with Gasteiger partial charge in [0.15, 0.2) is 4.34 Å². The van der Waals surface area contributed by atoms with E-state index in [2.05, 4.69) is 22.5 Å². The first kappa shape index (κ1) is 31.9. The molecule has 4 aromatic rings. The van der Waals surface area contributed by atoms with Gasteiger partial charge in [-0.3, -0.25) is 9.59 Å². The van der Waals surface area contributed by atoms with Crippen LogP contribution in [0.4, 0.5) is 11.4 Å². The summed E-state index contributed by atoms with van der Waals surface area (Å²) in [5.41, 5.74) is 3.71. The summed E-state index contributed by atoms with van der Waals surface area (Å²) in [7, 11) is 0. The number of anilines is 2. The lowest BCUT2D eigenvalue weighted by molar-refractivity contribution is -0.113. The second-order valence-electron chi connectivity index (χ2n) is 10.3. The first-order valence-corrected chi connectivity index (χ1v) is 16.7. The average Bonchev–Trinajstić information content (AvgIpc) is 3.40. The Morgan fingerprint density at radius 3 is 2.31 bits per heavy atom. The first-order valence-electron chi connectivity index (χ1n) is 14.5. The van der Waals surface area contributed by atoms with Gasteiger partial charge in [0.2, 0.25) is 5.91 Å². The Bertz CT molecular complexity index is 1470. The van der Waals surface area contributed by atoms with Crippen molar-refractivity contribution in [3.63, 3.8) is 0 Å². The molecule has 2 N–H and O–H groups in total. The Balaban J connectivity index is 1.21. The van der Waals surface area contributed by atoms with E-state index in [1.807, 2.05) is 49.4 Å². The van der Waals surface area contributed by atoms with Crippen molar-refractivity contribution in [1.29, 1.82) is 0 Å². The number of nitrogens with zero attached hydrogens (tertiary/aromatic N) is 1. The van der Waals surface area contributed by atoms with E-state index in [-0.39, 0.29) is 17.6 Å². The lowest BCUT2D eigenvalue weighted by Gasteiger charge is -2.08. The van der Waals surface area contributed by atoms with E-state index >= 15 is 0 Å². The third-order valence-corrected chi connectivity index (χ3v) is 9.36. The molecule has 0 fully saturated rings. The molecule has 0 aliphatic heterocycles. The van der Waals surface area contributed by atoms with Crippen molar-refractivity contribution in [1.82, 2.24) is 4.98 Å². The predicted octanol–water partition coefficient (Wildman–Crippen LogP) is 9.76. The summed E-state index contributed by atoms with van der Waals surface area (Å²) >= 11 is 9.01. The molecule has 4 rings (SSSR count). The molecule has 0 atom stereocenters. The standard InChI is InChI=1S/C33H38ClN3O3S2/c1-3-4-5-6-7-8-9-10-19-40-27-16-12-24(13-17-27)32(39)36-26-15-18-29-30(21-26)42-33(37-29)41-22-31(38)35-25-14-11-23(2)28(34)20-25/h11-18,20-21H,3-10,19,22H2,1-2H3,(H,35,38)(H,36,39). The number of hydrogen-bond donors (Lipinski definition) is 2. The minimum atomic E-state index is -0.184. The zero-order valence-corrected chi connectivity index (χ0v) is 26.6. The average molecular weight is 624 g/mol. The number of amides is 2. The highest BCUT2D eigenvalue weighted by Crippen LogP contribution is 2.31. The number of nitrogens with one attached hydrogen (secondary N) is 2. The number of thiazole rings is 1. The molecular formula is C33H38ClN3O3S2. The van der Waals surface area contributed by atoms with E-state index in [0.717, 1.165) is 32.3 Å². The van der Waals surface area contributed by atoms with Crippen LogP contribution in [0.15, 0.2) is 65.0 Å². The molecule has 6 nitrogen and oxygen atoms in total. The van der Waals surface area contributed by atoms with Gasteiger partial charge >= 0.3 is 0 Å². The number of rotatable bonds is 16. The van der Waals surface area contributed by atoms with Crippen molar-refractivity contribution < 1.29 is 14.3 Å². The van der Waals surface area contributed by atoms with Gasteiger partial charge in [-0.05, 0) is 73.5 Å². The molecule has 0 spiro atoms. The summed E-state index contributed by atoms with van der Waals surface area (Å²) in [6.45, 7) is 4.86. The normalized spacial score (nSPS) is 11.0. The van der Waals surface area contributed by atoms with Crippen LogP contribution >= 0.6 is 34.7 Å². The highest BCUT2D eigenvalue weighted by Gasteiger charge is 2.11. The molecule has 222 valence electrons. The van der Waals surface area contributed by atoms with Gasteiger partial charge in [-0.15, -0.1) is 11.3 Å². The number of benzene rings is 3. The summed E-state index contributed by atoms with van der Waals surface area (Å²) in [4.78, 5) is 29.9. The summed E-state index contributed by atoms with van der Waals surface area (Å²) in [6, 6.07) is 18.3. The van der Waals surface area contributed by atoms with Crippen LogP contribution in [0.25, 0.3) is 10.2 Å². The molecule has 1 aromatic heterocycles. The lowest BCUT2D eigenvalue weighted by Crippen LogP contribution is -2.13. The van der Waals surface area contributed by atoms with Gasteiger partial charge in [0.25, 0.3) is 5.91 Å². The number of thioether (sulfide) groups is 1. The maximum atomic E-state index is 12.8. The fraction of sp³-hybridized carbons (Fsp3) is 0.364. The minimum absolute atomic E-state index is 0.128. The van der Waals surface area contributed by atoms with Crippen molar-refractivity contribution >= 4 is 68.1 Å². The largest absolute Gasteiger partial charge is 0.494 e.